The zero-order valence-electron chi connectivity index (χ0n) is 11.3. The molecule has 0 aliphatic heterocycles. The van der Waals surface area contributed by atoms with E-state index >= 15 is 0 Å². The van der Waals surface area contributed by atoms with Crippen LogP contribution >= 0.6 is 0 Å². The molecule has 0 bridgehead atoms. The molecule has 2 unspecified atom stereocenters. The summed E-state index contributed by atoms with van der Waals surface area (Å²) in [6, 6.07) is 5.93. The van der Waals surface area contributed by atoms with Crippen LogP contribution in [-0.4, -0.2) is 22.0 Å². The Bertz CT molecular complexity index is 609. The number of nitrogens with zero attached hydrogens (tertiary/aromatic N) is 2. The SMILES string of the molecule is N#Cc1ccc([N+](=O)[O-])c(NC2CCCC(C(=O)O)C2)c1. The number of aliphatic carboxylic acids is 1. The molecule has 0 aromatic heterocycles. The van der Waals surface area contributed by atoms with E-state index in [0.717, 1.165) is 12.8 Å². The van der Waals surface area contributed by atoms with Crippen LogP contribution in [0.15, 0.2) is 18.2 Å². The van der Waals surface area contributed by atoms with Crippen molar-refractivity contribution in [1.82, 2.24) is 0 Å². The summed E-state index contributed by atoms with van der Waals surface area (Å²) in [5.74, 6) is -1.25. The van der Waals surface area contributed by atoms with Crippen molar-refractivity contribution in [2.24, 2.45) is 5.92 Å². The fourth-order valence-electron chi connectivity index (χ4n) is 2.65. The summed E-state index contributed by atoms with van der Waals surface area (Å²) in [6.07, 6.45) is 2.59. The van der Waals surface area contributed by atoms with E-state index in [-0.39, 0.29) is 17.4 Å². The molecular weight excluding hydrogens is 274 g/mol. The Balaban J connectivity index is 2.20. The topological polar surface area (TPSA) is 116 Å². The lowest BCUT2D eigenvalue weighted by molar-refractivity contribution is -0.384. The van der Waals surface area contributed by atoms with Crippen molar-refractivity contribution >= 4 is 17.3 Å². The van der Waals surface area contributed by atoms with Gasteiger partial charge in [0.1, 0.15) is 5.69 Å². The number of anilines is 1. The van der Waals surface area contributed by atoms with E-state index in [1.807, 2.05) is 6.07 Å². The lowest BCUT2D eigenvalue weighted by atomic mass is 9.85. The first-order chi connectivity index (χ1) is 10.0. The van der Waals surface area contributed by atoms with E-state index in [1.54, 1.807) is 0 Å². The molecule has 0 heterocycles. The Kier molecular flexibility index (Phi) is 4.38. The summed E-state index contributed by atoms with van der Waals surface area (Å²) in [6.45, 7) is 0. The fourth-order valence-corrected chi connectivity index (χ4v) is 2.65. The lowest BCUT2D eigenvalue weighted by Crippen LogP contribution is -2.31. The second-order valence-electron chi connectivity index (χ2n) is 5.14. The highest BCUT2D eigenvalue weighted by molar-refractivity contribution is 5.70. The van der Waals surface area contributed by atoms with Crippen LogP contribution in [0.1, 0.15) is 31.2 Å². The number of carboxylic acid groups (broad SMARTS) is 1. The maximum absolute atomic E-state index is 11.0. The number of nitrogens with one attached hydrogen (secondary N) is 1. The highest BCUT2D eigenvalue weighted by Gasteiger charge is 2.28. The van der Waals surface area contributed by atoms with Gasteiger partial charge in [-0.1, -0.05) is 6.42 Å². The minimum Gasteiger partial charge on any atom is -0.481 e. The largest absolute Gasteiger partial charge is 0.481 e. The molecule has 7 nitrogen and oxygen atoms in total. The minimum absolute atomic E-state index is 0.105. The molecule has 2 atom stereocenters. The number of nitro benzene ring substituents is 1. The van der Waals surface area contributed by atoms with Gasteiger partial charge in [0.2, 0.25) is 0 Å². The van der Waals surface area contributed by atoms with Crippen molar-refractivity contribution in [1.29, 1.82) is 5.26 Å². The predicted molar refractivity (Wildman–Crippen MR) is 74.8 cm³/mol. The standard InChI is InChI=1S/C14H15N3O4/c15-8-9-4-5-13(17(20)21)12(6-9)16-11-3-1-2-10(7-11)14(18)19/h4-6,10-11,16H,1-3,7H2,(H,18,19). The van der Waals surface area contributed by atoms with Crippen LogP contribution in [0.4, 0.5) is 11.4 Å². The van der Waals surface area contributed by atoms with Gasteiger partial charge in [-0.15, -0.1) is 0 Å². The molecule has 0 amide bonds. The molecule has 1 saturated carbocycles. The van der Waals surface area contributed by atoms with Crippen LogP contribution in [0.25, 0.3) is 0 Å². The van der Waals surface area contributed by atoms with E-state index in [9.17, 15) is 14.9 Å². The number of hydrogen-bond acceptors (Lipinski definition) is 5. The molecule has 0 spiro atoms. The summed E-state index contributed by atoms with van der Waals surface area (Å²) < 4.78 is 0. The molecule has 2 N–H and O–H groups in total. The number of carbonyl (C=O) groups is 1. The normalized spacial score (nSPS) is 21.3. The second-order valence-corrected chi connectivity index (χ2v) is 5.14. The van der Waals surface area contributed by atoms with Gasteiger partial charge in [-0.3, -0.25) is 14.9 Å². The molecule has 21 heavy (non-hydrogen) atoms. The fraction of sp³-hybridized carbons (Fsp3) is 0.429. The van der Waals surface area contributed by atoms with E-state index < -0.39 is 16.8 Å². The summed E-state index contributed by atoms with van der Waals surface area (Å²) >= 11 is 0. The molecular formula is C14H15N3O4. The summed E-state index contributed by atoms with van der Waals surface area (Å²) in [4.78, 5) is 21.6. The summed E-state index contributed by atoms with van der Waals surface area (Å²) in [5.41, 5.74) is 0.496. The summed E-state index contributed by atoms with van der Waals surface area (Å²) in [7, 11) is 0. The van der Waals surface area contributed by atoms with Gasteiger partial charge in [0.15, 0.2) is 0 Å². The van der Waals surface area contributed by atoms with E-state index in [1.165, 1.54) is 18.2 Å². The summed E-state index contributed by atoms with van der Waals surface area (Å²) in [5, 5.41) is 32.0. The third-order valence-electron chi connectivity index (χ3n) is 3.71. The number of nitriles is 1. The van der Waals surface area contributed by atoms with Crippen molar-refractivity contribution in [2.75, 3.05) is 5.32 Å². The van der Waals surface area contributed by atoms with Gasteiger partial charge in [0.05, 0.1) is 22.5 Å². The highest BCUT2D eigenvalue weighted by atomic mass is 16.6. The third-order valence-corrected chi connectivity index (χ3v) is 3.71. The molecule has 110 valence electrons. The molecule has 1 fully saturated rings. The van der Waals surface area contributed by atoms with Crippen LogP contribution < -0.4 is 5.32 Å². The molecule has 0 saturated heterocycles. The van der Waals surface area contributed by atoms with Crippen LogP contribution in [0.3, 0.4) is 0 Å². The van der Waals surface area contributed by atoms with Crippen molar-refractivity contribution in [3.8, 4) is 6.07 Å². The zero-order chi connectivity index (χ0) is 15.4. The molecule has 1 aromatic rings. The average Bonchev–Trinajstić information content (AvgIpc) is 2.47. The van der Waals surface area contributed by atoms with Crippen LogP contribution in [0.5, 0.6) is 0 Å². The first-order valence-electron chi connectivity index (χ1n) is 6.69. The van der Waals surface area contributed by atoms with Gasteiger partial charge < -0.3 is 10.4 Å². The first kappa shape index (κ1) is 14.8. The molecule has 1 aliphatic carbocycles. The zero-order valence-corrected chi connectivity index (χ0v) is 11.3. The van der Waals surface area contributed by atoms with Gasteiger partial charge in [0.25, 0.3) is 5.69 Å². The smallest absolute Gasteiger partial charge is 0.306 e. The Labute approximate surface area is 121 Å². The molecule has 0 radical (unpaired) electrons. The van der Waals surface area contributed by atoms with Crippen molar-refractivity contribution < 1.29 is 14.8 Å². The van der Waals surface area contributed by atoms with Crippen LogP contribution in [0.2, 0.25) is 0 Å². The first-order valence-corrected chi connectivity index (χ1v) is 6.69. The monoisotopic (exact) mass is 289 g/mol. The van der Waals surface area contributed by atoms with Gasteiger partial charge in [-0.25, -0.2) is 0 Å². The predicted octanol–water partition coefficient (Wildman–Crippen LogP) is 2.52. The average molecular weight is 289 g/mol. The van der Waals surface area contributed by atoms with E-state index in [0.29, 0.717) is 18.4 Å². The third kappa shape index (κ3) is 3.48. The van der Waals surface area contributed by atoms with Crippen molar-refractivity contribution in [2.45, 2.75) is 31.7 Å². The van der Waals surface area contributed by atoms with Crippen molar-refractivity contribution in [3.63, 3.8) is 0 Å². The number of rotatable bonds is 4. The lowest BCUT2D eigenvalue weighted by Gasteiger charge is -2.28. The van der Waals surface area contributed by atoms with Gasteiger partial charge in [-0.05, 0) is 31.4 Å². The van der Waals surface area contributed by atoms with Crippen molar-refractivity contribution in [3.05, 3.63) is 33.9 Å². The molecule has 2 rings (SSSR count). The number of hydrogen-bond donors (Lipinski definition) is 2. The minimum atomic E-state index is -0.832. The maximum Gasteiger partial charge on any atom is 0.306 e. The van der Waals surface area contributed by atoms with Gasteiger partial charge in [-0.2, -0.15) is 5.26 Å². The molecule has 7 heteroatoms. The number of benzene rings is 1. The Hall–Kier alpha value is -2.62. The van der Waals surface area contributed by atoms with Gasteiger partial charge in [0, 0.05) is 12.1 Å². The van der Waals surface area contributed by atoms with Crippen LogP contribution in [0, 0.1) is 27.4 Å². The molecule has 1 aliphatic rings. The second kappa shape index (κ2) is 6.22. The highest BCUT2D eigenvalue weighted by Crippen LogP contribution is 2.31. The molecule has 1 aromatic carbocycles. The Morgan fingerprint density at radius 1 is 1.48 bits per heavy atom. The van der Waals surface area contributed by atoms with Crippen LogP contribution in [-0.2, 0) is 4.79 Å². The maximum atomic E-state index is 11.0. The van der Waals surface area contributed by atoms with E-state index in [2.05, 4.69) is 5.32 Å². The van der Waals surface area contributed by atoms with E-state index in [4.69, 9.17) is 10.4 Å². The Morgan fingerprint density at radius 2 is 2.24 bits per heavy atom. The Morgan fingerprint density at radius 3 is 2.86 bits per heavy atom. The number of carboxylic acids is 1. The quantitative estimate of drug-likeness (QED) is 0.649. The van der Waals surface area contributed by atoms with Gasteiger partial charge >= 0.3 is 5.97 Å². The number of nitro groups is 1.